The van der Waals surface area contributed by atoms with Crippen LogP contribution in [0.2, 0.25) is 0 Å². The second-order valence-electron chi connectivity index (χ2n) is 8.78. The Hall–Kier alpha value is -2.39. The summed E-state index contributed by atoms with van der Waals surface area (Å²) in [6, 6.07) is -1.36. The Bertz CT molecular complexity index is 974. The minimum absolute atomic E-state index is 0.0213. The average Bonchev–Trinajstić information content (AvgIpc) is 3.43. The standard InChI is InChI=1S/C20H30N4O9S2/c1-2-3-6-12(24-16(26)9-14(18(24)27)35(30,31)32)19(28)33-23-15(25)8-5-4-7-13-17-11(10-34-13)21-20(29)22-17/h11-14,17H,2-10H2,1H3,(H,23,25)(H2,21,22,29)(H,30,31,32)/t11-,12?,13-,14?,17-/m0/s1. The van der Waals surface area contributed by atoms with E-state index < -0.39 is 51.5 Å². The van der Waals surface area contributed by atoms with E-state index in [0.717, 1.165) is 18.6 Å². The number of imide groups is 1. The molecule has 0 radical (unpaired) electrons. The molecule has 3 fully saturated rings. The zero-order valence-electron chi connectivity index (χ0n) is 19.2. The van der Waals surface area contributed by atoms with Crippen LogP contribution in [0.4, 0.5) is 4.79 Å². The van der Waals surface area contributed by atoms with Crippen molar-refractivity contribution >= 4 is 51.6 Å². The van der Waals surface area contributed by atoms with Gasteiger partial charge in [0.2, 0.25) is 5.91 Å². The zero-order valence-corrected chi connectivity index (χ0v) is 20.9. The summed E-state index contributed by atoms with van der Waals surface area (Å²) in [4.78, 5) is 66.2. The number of amides is 5. The van der Waals surface area contributed by atoms with Gasteiger partial charge in [0.15, 0.2) is 5.25 Å². The van der Waals surface area contributed by atoms with Gasteiger partial charge in [-0.3, -0.25) is 23.8 Å². The van der Waals surface area contributed by atoms with Crippen molar-refractivity contribution in [2.75, 3.05) is 5.75 Å². The zero-order chi connectivity index (χ0) is 25.8. The summed E-state index contributed by atoms with van der Waals surface area (Å²) in [5.41, 5.74) is 2.03. The highest BCUT2D eigenvalue weighted by atomic mass is 32.2. The Morgan fingerprint density at radius 3 is 2.63 bits per heavy atom. The van der Waals surface area contributed by atoms with Gasteiger partial charge in [-0.1, -0.05) is 26.2 Å². The van der Waals surface area contributed by atoms with Crippen LogP contribution in [0.15, 0.2) is 0 Å². The number of fused-ring (bicyclic) bond motifs is 1. The molecule has 15 heteroatoms. The Morgan fingerprint density at radius 2 is 1.97 bits per heavy atom. The van der Waals surface area contributed by atoms with Crippen LogP contribution < -0.4 is 16.1 Å². The molecule has 35 heavy (non-hydrogen) atoms. The van der Waals surface area contributed by atoms with Crippen LogP contribution in [-0.2, 0) is 34.1 Å². The van der Waals surface area contributed by atoms with E-state index in [1.807, 2.05) is 12.4 Å². The summed E-state index contributed by atoms with van der Waals surface area (Å²) in [7, 11) is -4.81. The number of hydrogen-bond acceptors (Lipinski definition) is 9. The molecule has 0 aliphatic carbocycles. The molecule has 5 amide bonds. The third-order valence-electron chi connectivity index (χ3n) is 6.26. The highest BCUT2D eigenvalue weighted by Crippen LogP contribution is 2.33. The maximum atomic E-state index is 12.6. The minimum atomic E-state index is -4.81. The molecular weight excluding hydrogens is 504 g/mol. The molecule has 0 spiro atoms. The van der Waals surface area contributed by atoms with E-state index in [1.54, 1.807) is 11.8 Å². The summed E-state index contributed by atoms with van der Waals surface area (Å²) >= 11 is 1.77. The van der Waals surface area contributed by atoms with Crippen LogP contribution in [0.5, 0.6) is 0 Å². The lowest BCUT2D eigenvalue weighted by molar-refractivity contribution is -0.167. The molecule has 0 saturated carbocycles. The van der Waals surface area contributed by atoms with E-state index in [1.165, 1.54) is 0 Å². The number of hydrogen-bond donors (Lipinski definition) is 4. The van der Waals surface area contributed by atoms with Crippen LogP contribution in [0.1, 0.15) is 58.3 Å². The van der Waals surface area contributed by atoms with E-state index in [-0.39, 0.29) is 36.2 Å². The maximum Gasteiger partial charge on any atom is 0.354 e. The number of carbonyl (C=O) groups excluding carboxylic acids is 5. The summed E-state index contributed by atoms with van der Waals surface area (Å²) in [5.74, 6) is -2.89. The third-order valence-corrected chi connectivity index (χ3v) is 8.86. The van der Waals surface area contributed by atoms with Gasteiger partial charge in [-0.05, 0) is 19.3 Å². The Balaban J connectivity index is 1.45. The number of hydroxylamine groups is 1. The normalized spacial score (nSPS) is 26.8. The molecule has 196 valence electrons. The van der Waals surface area contributed by atoms with E-state index in [0.29, 0.717) is 24.2 Å². The van der Waals surface area contributed by atoms with Crippen molar-refractivity contribution in [3.05, 3.63) is 0 Å². The van der Waals surface area contributed by atoms with Gasteiger partial charge in [0, 0.05) is 17.4 Å². The number of urea groups is 1. The van der Waals surface area contributed by atoms with Crippen LogP contribution >= 0.6 is 11.8 Å². The average molecular weight is 535 g/mol. The van der Waals surface area contributed by atoms with Gasteiger partial charge in [0.05, 0.1) is 18.5 Å². The lowest BCUT2D eigenvalue weighted by Gasteiger charge is -2.24. The number of nitrogens with one attached hydrogen (secondary N) is 3. The van der Waals surface area contributed by atoms with E-state index in [9.17, 15) is 36.9 Å². The molecule has 4 N–H and O–H groups in total. The van der Waals surface area contributed by atoms with Crippen LogP contribution in [0.3, 0.4) is 0 Å². The molecule has 5 atom stereocenters. The molecule has 3 aliphatic rings. The molecule has 3 heterocycles. The first-order valence-electron chi connectivity index (χ1n) is 11.5. The summed E-state index contributed by atoms with van der Waals surface area (Å²) < 4.78 is 32.0. The first-order valence-corrected chi connectivity index (χ1v) is 14.1. The smallest absolute Gasteiger partial charge is 0.338 e. The van der Waals surface area contributed by atoms with Crippen molar-refractivity contribution in [2.45, 2.75) is 86.9 Å². The van der Waals surface area contributed by atoms with Crippen molar-refractivity contribution in [3.63, 3.8) is 0 Å². The van der Waals surface area contributed by atoms with Crippen molar-refractivity contribution in [3.8, 4) is 0 Å². The Labute approximate surface area is 207 Å². The number of thioether (sulfide) groups is 1. The van der Waals surface area contributed by atoms with Crippen molar-refractivity contribution in [1.29, 1.82) is 0 Å². The number of likely N-dealkylation sites (tertiary alicyclic amines) is 1. The maximum absolute atomic E-state index is 12.6. The molecule has 0 bridgehead atoms. The monoisotopic (exact) mass is 534 g/mol. The predicted octanol–water partition coefficient (Wildman–Crippen LogP) is -0.139. The van der Waals surface area contributed by atoms with Crippen molar-refractivity contribution < 1.29 is 41.8 Å². The highest BCUT2D eigenvalue weighted by Gasteiger charge is 2.50. The summed E-state index contributed by atoms with van der Waals surface area (Å²) in [5, 5.41) is 4.08. The molecule has 2 unspecified atom stereocenters. The van der Waals surface area contributed by atoms with Crippen LogP contribution in [-0.4, -0.2) is 82.0 Å². The fourth-order valence-corrected chi connectivity index (χ4v) is 6.70. The van der Waals surface area contributed by atoms with E-state index in [2.05, 4.69) is 10.6 Å². The second kappa shape index (κ2) is 11.6. The molecule has 0 aromatic rings. The molecule has 3 saturated heterocycles. The van der Waals surface area contributed by atoms with Gasteiger partial charge in [-0.15, -0.1) is 0 Å². The fourth-order valence-electron chi connectivity index (χ4n) is 4.43. The summed E-state index contributed by atoms with van der Waals surface area (Å²) in [6.07, 6.45) is 2.45. The number of rotatable bonds is 11. The van der Waals surface area contributed by atoms with E-state index >= 15 is 0 Å². The molecule has 3 rings (SSSR count). The van der Waals surface area contributed by atoms with Crippen LogP contribution in [0, 0.1) is 0 Å². The fraction of sp³-hybridized carbons (Fsp3) is 0.750. The molecule has 3 aliphatic heterocycles. The predicted molar refractivity (Wildman–Crippen MR) is 123 cm³/mol. The van der Waals surface area contributed by atoms with Crippen molar-refractivity contribution in [1.82, 2.24) is 21.0 Å². The Kier molecular flexibility index (Phi) is 8.99. The topological polar surface area (TPSA) is 188 Å². The number of nitrogens with zero attached hydrogens (tertiary/aromatic N) is 1. The summed E-state index contributed by atoms with van der Waals surface area (Å²) in [6.45, 7) is 1.82. The lowest BCUT2D eigenvalue weighted by atomic mass is 10.0. The van der Waals surface area contributed by atoms with Crippen LogP contribution in [0.25, 0.3) is 0 Å². The van der Waals surface area contributed by atoms with Gasteiger partial charge in [-0.2, -0.15) is 25.7 Å². The molecule has 0 aromatic carbocycles. The third kappa shape index (κ3) is 6.64. The lowest BCUT2D eigenvalue weighted by Crippen LogP contribution is -2.48. The largest absolute Gasteiger partial charge is 0.354 e. The second-order valence-corrected chi connectivity index (χ2v) is 11.7. The SMILES string of the molecule is CCCCC(C(=O)ONC(=O)CCCC[C@@H]1SC[C@@H]2NC(=O)N[C@@H]21)N1C(=O)CC(S(=O)(=O)O)C1=O. The van der Waals surface area contributed by atoms with Gasteiger partial charge in [0.25, 0.3) is 21.9 Å². The van der Waals surface area contributed by atoms with Gasteiger partial charge >= 0.3 is 12.0 Å². The Morgan fingerprint density at radius 1 is 1.23 bits per heavy atom. The molecule has 13 nitrogen and oxygen atoms in total. The first-order chi connectivity index (χ1) is 16.5. The number of carbonyl (C=O) groups is 5. The quantitative estimate of drug-likeness (QED) is 0.0913. The van der Waals surface area contributed by atoms with Gasteiger partial charge < -0.3 is 15.5 Å². The molecular formula is C20H30N4O9S2. The van der Waals surface area contributed by atoms with Crippen molar-refractivity contribution in [2.24, 2.45) is 0 Å². The first kappa shape index (κ1) is 27.2. The number of unbranched alkanes of at least 4 members (excludes halogenated alkanes) is 2. The van der Waals surface area contributed by atoms with Gasteiger partial charge in [0.1, 0.15) is 6.04 Å². The highest BCUT2D eigenvalue weighted by molar-refractivity contribution is 8.00. The van der Waals surface area contributed by atoms with E-state index in [4.69, 9.17) is 4.84 Å². The molecule has 0 aromatic heterocycles. The van der Waals surface area contributed by atoms with Gasteiger partial charge in [-0.25, -0.2) is 9.59 Å². The minimum Gasteiger partial charge on any atom is -0.338 e.